The Labute approximate surface area is 226 Å². The molecule has 2 amide bonds. The van der Waals surface area contributed by atoms with Crippen molar-refractivity contribution >= 4 is 23.8 Å². The summed E-state index contributed by atoms with van der Waals surface area (Å²) < 4.78 is 5.04. The van der Waals surface area contributed by atoms with Crippen LogP contribution >= 0.6 is 0 Å². The Morgan fingerprint density at radius 2 is 1.41 bits per heavy atom. The second-order valence-electron chi connectivity index (χ2n) is 8.99. The minimum absolute atomic E-state index is 0.0525. The predicted molar refractivity (Wildman–Crippen MR) is 146 cm³/mol. The van der Waals surface area contributed by atoms with Gasteiger partial charge in [-0.2, -0.15) is 0 Å². The number of aliphatic carboxylic acids is 2. The highest BCUT2D eigenvalue weighted by molar-refractivity contribution is 5.98. The molecule has 39 heavy (non-hydrogen) atoms. The van der Waals surface area contributed by atoms with Crippen molar-refractivity contribution in [2.45, 2.75) is 44.8 Å². The van der Waals surface area contributed by atoms with Gasteiger partial charge in [-0.1, -0.05) is 74.4 Å². The van der Waals surface area contributed by atoms with Gasteiger partial charge in [0.05, 0.1) is 0 Å². The van der Waals surface area contributed by atoms with E-state index < -0.39 is 30.0 Å². The van der Waals surface area contributed by atoms with E-state index in [9.17, 15) is 19.2 Å². The number of carbonyl (C=O) groups is 4. The van der Waals surface area contributed by atoms with Gasteiger partial charge in [0.15, 0.2) is 0 Å². The van der Waals surface area contributed by atoms with Gasteiger partial charge < -0.3 is 25.6 Å². The number of carboxylic acids is 2. The Kier molecular flexibility index (Phi) is 10.6. The van der Waals surface area contributed by atoms with Crippen molar-refractivity contribution in [3.8, 4) is 16.9 Å². The fourth-order valence-electron chi connectivity index (χ4n) is 3.89. The minimum Gasteiger partial charge on any atom is -0.478 e. The van der Waals surface area contributed by atoms with E-state index in [1.165, 1.54) is 12.1 Å². The van der Waals surface area contributed by atoms with Crippen LogP contribution in [0.5, 0.6) is 5.75 Å². The Balaban J connectivity index is 1.71. The number of carboxylic acid groups (broad SMARTS) is 2. The van der Waals surface area contributed by atoms with E-state index in [0.29, 0.717) is 17.7 Å². The van der Waals surface area contributed by atoms with Crippen LogP contribution < -0.4 is 15.4 Å². The van der Waals surface area contributed by atoms with Gasteiger partial charge in [0.25, 0.3) is 12.0 Å². The summed E-state index contributed by atoms with van der Waals surface area (Å²) in [4.78, 5) is 48.2. The standard InChI is InChI=1S/C30H32N2O7/c1-2-3-7-18-31-28(34)25(19-20-10-16-24(17-11-20)39-26(29(35)36)30(37)38)32-27(33)23-14-12-22(13-15-23)21-8-5-4-6-9-21/h4-6,8-17,25-26H,2-3,7,18-19H2,1H3,(H,31,34)(H,32,33)(H,35,36)(H,37,38). The molecule has 1 unspecified atom stereocenters. The molecule has 204 valence electrons. The highest BCUT2D eigenvalue weighted by Crippen LogP contribution is 2.20. The molecule has 9 nitrogen and oxygen atoms in total. The molecule has 0 fully saturated rings. The lowest BCUT2D eigenvalue weighted by Gasteiger charge is -2.19. The molecule has 0 aromatic heterocycles. The van der Waals surface area contributed by atoms with Crippen molar-refractivity contribution in [1.82, 2.24) is 10.6 Å². The summed E-state index contributed by atoms with van der Waals surface area (Å²) in [6, 6.07) is 22.1. The molecule has 0 spiro atoms. The van der Waals surface area contributed by atoms with E-state index in [-0.39, 0.29) is 18.1 Å². The number of unbranched alkanes of at least 4 members (excludes halogenated alkanes) is 2. The first kappa shape index (κ1) is 28.9. The van der Waals surface area contributed by atoms with E-state index in [1.807, 2.05) is 42.5 Å². The predicted octanol–water partition coefficient (Wildman–Crippen LogP) is 3.92. The quantitative estimate of drug-likeness (QED) is 0.182. The largest absolute Gasteiger partial charge is 0.478 e. The van der Waals surface area contributed by atoms with Gasteiger partial charge in [0, 0.05) is 18.5 Å². The number of amides is 2. The summed E-state index contributed by atoms with van der Waals surface area (Å²) in [6.07, 6.45) is 0.929. The third kappa shape index (κ3) is 8.70. The van der Waals surface area contributed by atoms with Crippen LogP contribution in [0.25, 0.3) is 11.1 Å². The molecular weight excluding hydrogens is 500 g/mol. The lowest BCUT2D eigenvalue weighted by Crippen LogP contribution is -2.48. The second kappa shape index (κ2) is 14.3. The highest BCUT2D eigenvalue weighted by atomic mass is 16.5. The molecule has 0 aliphatic carbocycles. The van der Waals surface area contributed by atoms with Gasteiger partial charge in [-0.05, 0) is 47.4 Å². The van der Waals surface area contributed by atoms with Crippen LogP contribution in [0.4, 0.5) is 0 Å². The lowest BCUT2D eigenvalue weighted by molar-refractivity contribution is -0.159. The summed E-state index contributed by atoms with van der Waals surface area (Å²) in [5, 5.41) is 23.7. The summed E-state index contributed by atoms with van der Waals surface area (Å²) in [6.45, 7) is 2.56. The van der Waals surface area contributed by atoms with E-state index in [0.717, 1.165) is 30.4 Å². The van der Waals surface area contributed by atoms with Crippen molar-refractivity contribution in [3.05, 3.63) is 90.0 Å². The molecule has 0 saturated heterocycles. The molecule has 3 aromatic carbocycles. The number of ether oxygens (including phenoxy) is 1. The fourth-order valence-corrected chi connectivity index (χ4v) is 3.89. The smallest absolute Gasteiger partial charge is 0.356 e. The SMILES string of the molecule is CCCCCNC(=O)C(Cc1ccc(OC(C(=O)O)C(=O)O)cc1)NC(=O)c1ccc(-c2ccccc2)cc1. The molecule has 0 bridgehead atoms. The maximum absolute atomic E-state index is 13.1. The van der Waals surface area contributed by atoms with E-state index in [2.05, 4.69) is 17.6 Å². The van der Waals surface area contributed by atoms with Crippen molar-refractivity contribution in [3.63, 3.8) is 0 Å². The van der Waals surface area contributed by atoms with Crippen molar-refractivity contribution in [1.29, 1.82) is 0 Å². The molecule has 9 heteroatoms. The summed E-state index contributed by atoms with van der Waals surface area (Å²) >= 11 is 0. The van der Waals surface area contributed by atoms with Crippen LogP contribution in [0.1, 0.15) is 42.1 Å². The summed E-state index contributed by atoms with van der Waals surface area (Å²) in [5.41, 5.74) is 3.07. The molecule has 3 rings (SSSR count). The molecule has 0 aliphatic heterocycles. The van der Waals surface area contributed by atoms with Gasteiger partial charge >= 0.3 is 11.9 Å². The Morgan fingerprint density at radius 1 is 0.795 bits per heavy atom. The molecule has 0 saturated carbocycles. The number of hydrogen-bond donors (Lipinski definition) is 4. The van der Waals surface area contributed by atoms with Gasteiger partial charge in [0.1, 0.15) is 11.8 Å². The van der Waals surface area contributed by atoms with Crippen molar-refractivity contribution in [2.75, 3.05) is 6.54 Å². The average molecular weight is 533 g/mol. The number of carbonyl (C=O) groups excluding carboxylic acids is 2. The van der Waals surface area contributed by atoms with Crippen LogP contribution in [-0.4, -0.2) is 52.7 Å². The molecule has 0 heterocycles. The summed E-state index contributed by atoms with van der Waals surface area (Å²) in [7, 11) is 0. The zero-order valence-electron chi connectivity index (χ0n) is 21.6. The first-order valence-corrected chi connectivity index (χ1v) is 12.7. The molecule has 4 N–H and O–H groups in total. The normalized spacial score (nSPS) is 11.4. The van der Waals surface area contributed by atoms with Crippen LogP contribution in [0, 0.1) is 0 Å². The lowest BCUT2D eigenvalue weighted by atomic mass is 10.0. The van der Waals surface area contributed by atoms with E-state index in [1.54, 1.807) is 24.3 Å². The maximum atomic E-state index is 13.1. The Hall–Kier alpha value is -4.66. The van der Waals surface area contributed by atoms with Crippen LogP contribution in [-0.2, 0) is 20.8 Å². The molecule has 3 aromatic rings. The monoisotopic (exact) mass is 532 g/mol. The molecular formula is C30H32N2O7. The van der Waals surface area contributed by atoms with Gasteiger partial charge in [-0.3, -0.25) is 9.59 Å². The Morgan fingerprint density at radius 3 is 2.00 bits per heavy atom. The number of benzene rings is 3. The molecule has 1 atom stereocenters. The topological polar surface area (TPSA) is 142 Å². The van der Waals surface area contributed by atoms with Crippen LogP contribution in [0.15, 0.2) is 78.9 Å². The molecule has 0 aliphatic rings. The molecule has 0 radical (unpaired) electrons. The zero-order chi connectivity index (χ0) is 28.2. The van der Waals surface area contributed by atoms with Crippen LogP contribution in [0.3, 0.4) is 0 Å². The van der Waals surface area contributed by atoms with Gasteiger partial charge in [-0.25, -0.2) is 9.59 Å². The van der Waals surface area contributed by atoms with Crippen LogP contribution in [0.2, 0.25) is 0 Å². The minimum atomic E-state index is -2.04. The zero-order valence-corrected chi connectivity index (χ0v) is 21.6. The average Bonchev–Trinajstić information content (AvgIpc) is 2.94. The summed E-state index contributed by atoms with van der Waals surface area (Å²) in [5.74, 6) is -3.90. The number of hydrogen-bond acceptors (Lipinski definition) is 5. The van der Waals surface area contributed by atoms with Crippen molar-refractivity contribution in [2.24, 2.45) is 0 Å². The van der Waals surface area contributed by atoms with E-state index in [4.69, 9.17) is 14.9 Å². The first-order valence-electron chi connectivity index (χ1n) is 12.7. The van der Waals surface area contributed by atoms with Gasteiger partial charge in [0.2, 0.25) is 5.91 Å². The Bertz CT molecular complexity index is 1240. The number of nitrogens with one attached hydrogen (secondary N) is 2. The van der Waals surface area contributed by atoms with Gasteiger partial charge in [-0.15, -0.1) is 0 Å². The second-order valence-corrected chi connectivity index (χ2v) is 8.99. The maximum Gasteiger partial charge on any atom is 0.356 e. The third-order valence-electron chi connectivity index (χ3n) is 6.02. The van der Waals surface area contributed by atoms with Crippen molar-refractivity contribution < 1.29 is 34.1 Å². The fraction of sp³-hybridized carbons (Fsp3) is 0.267. The van der Waals surface area contributed by atoms with E-state index >= 15 is 0 Å². The first-order chi connectivity index (χ1) is 18.8. The highest BCUT2D eigenvalue weighted by Gasteiger charge is 2.28. The number of rotatable bonds is 14. The third-order valence-corrected chi connectivity index (χ3v) is 6.02.